The minimum atomic E-state index is 1.12. The number of anilines is 6. The van der Waals surface area contributed by atoms with Gasteiger partial charge in [-0.15, -0.1) is 0 Å². The van der Waals surface area contributed by atoms with Gasteiger partial charge in [0.25, 0.3) is 0 Å². The van der Waals surface area contributed by atoms with Crippen LogP contribution in [0, 0.1) is 0 Å². The molecule has 0 amide bonds. The highest BCUT2D eigenvalue weighted by atomic mass is 15.1. The first kappa shape index (κ1) is 29.5. The molecular formula is C48H34N2. The highest BCUT2D eigenvalue weighted by molar-refractivity contribution is 6.25. The Labute approximate surface area is 292 Å². The van der Waals surface area contributed by atoms with Crippen LogP contribution in [0.3, 0.4) is 0 Å². The van der Waals surface area contributed by atoms with E-state index in [4.69, 9.17) is 0 Å². The largest absolute Gasteiger partial charge is 0.310 e. The van der Waals surface area contributed by atoms with Gasteiger partial charge in [-0.1, -0.05) is 152 Å². The Morgan fingerprint density at radius 3 is 1.02 bits per heavy atom. The molecule has 50 heavy (non-hydrogen) atoms. The Morgan fingerprint density at radius 1 is 0.240 bits per heavy atom. The number of para-hydroxylation sites is 4. The van der Waals surface area contributed by atoms with Crippen molar-refractivity contribution in [2.75, 3.05) is 9.80 Å². The van der Waals surface area contributed by atoms with Crippen molar-refractivity contribution in [1.82, 2.24) is 0 Å². The van der Waals surface area contributed by atoms with E-state index in [1.807, 2.05) is 0 Å². The Bertz CT molecular complexity index is 2450. The second-order valence-corrected chi connectivity index (χ2v) is 12.5. The molecule has 0 N–H and O–H groups in total. The van der Waals surface area contributed by atoms with E-state index < -0.39 is 0 Å². The molecule has 0 unspecified atom stereocenters. The summed E-state index contributed by atoms with van der Waals surface area (Å²) in [5, 5.41) is 7.27. The van der Waals surface area contributed by atoms with E-state index in [0.717, 1.165) is 28.4 Å². The van der Waals surface area contributed by atoms with E-state index in [1.54, 1.807) is 0 Å². The van der Waals surface area contributed by atoms with Crippen molar-refractivity contribution in [3.8, 4) is 11.1 Å². The average Bonchev–Trinajstić information content (AvgIpc) is 3.20. The summed E-state index contributed by atoms with van der Waals surface area (Å²) in [6, 6.07) is 74.0. The smallest absolute Gasteiger partial charge is 0.0618 e. The molecule has 2 heteroatoms. The number of fused-ring (bicyclic) bond motifs is 3. The van der Waals surface area contributed by atoms with Gasteiger partial charge in [-0.25, -0.2) is 0 Å². The Kier molecular flexibility index (Phi) is 7.53. The van der Waals surface area contributed by atoms with Crippen molar-refractivity contribution in [3.05, 3.63) is 206 Å². The maximum Gasteiger partial charge on any atom is 0.0618 e. The summed E-state index contributed by atoms with van der Waals surface area (Å²) in [7, 11) is 0. The monoisotopic (exact) mass is 638 g/mol. The van der Waals surface area contributed by atoms with Crippen LogP contribution >= 0.6 is 0 Å². The molecule has 0 fully saturated rings. The standard InChI is InChI=1S/C48H34N2/c1-5-19-35(20-6-1)49(36-21-7-2-8-22-36)46-34-33-43(39-27-13-14-28-40(39)46)47-41-29-15-17-31-44(41)48(45-32-18-16-30-42(45)47)50(37-23-9-3-10-24-37)38-25-11-4-12-26-38/h1-34H. The van der Waals surface area contributed by atoms with Gasteiger partial charge in [0.1, 0.15) is 0 Å². The first-order valence-corrected chi connectivity index (χ1v) is 17.1. The Hall–Kier alpha value is -6.64. The van der Waals surface area contributed by atoms with Crippen LogP contribution in [0.1, 0.15) is 0 Å². The minimum Gasteiger partial charge on any atom is -0.310 e. The third-order valence-electron chi connectivity index (χ3n) is 9.60. The summed E-state index contributed by atoms with van der Waals surface area (Å²) in [4.78, 5) is 4.77. The fourth-order valence-corrected chi connectivity index (χ4v) is 7.48. The van der Waals surface area contributed by atoms with Crippen LogP contribution in [0.15, 0.2) is 206 Å². The van der Waals surface area contributed by atoms with Gasteiger partial charge >= 0.3 is 0 Å². The first-order valence-electron chi connectivity index (χ1n) is 17.1. The highest BCUT2D eigenvalue weighted by Gasteiger charge is 2.23. The molecule has 0 aliphatic heterocycles. The molecule has 236 valence electrons. The number of nitrogens with zero attached hydrogens (tertiary/aromatic N) is 2. The summed E-state index contributed by atoms with van der Waals surface area (Å²) in [5.41, 5.74) is 9.28. The fraction of sp³-hybridized carbons (Fsp3) is 0. The molecule has 0 saturated heterocycles. The molecule has 0 spiro atoms. The van der Waals surface area contributed by atoms with Crippen molar-refractivity contribution < 1.29 is 0 Å². The van der Waals surface area contributed by atoms with Gasteiger partial charge in [0.2, 0.25) is 0 Å². The third-order valence-corrected chi connectivity index (χ3v) is 9.60. The van der Waals surface area contributed by atoms with E-state index >= 15 is 0 Å². The molecule has 0 heterocycles. The van der Waals surface area contributed by atoms with E-state index in [0.29, 0.717) is 0 Å². The first-order chi connectivity index (χ1) is 24.9. The molecule has 0 radical (unpaired) electrons. The summed E-state index contributed by atoms with van der Waals surface area (Å²) in [6.07, 6.45) is 0. The second-order valence-electron chi connectivity index (χ2n) is 12.5. The van der Waals surface area contributed by atoms with Crippen LogP contribution in [0.25, 0.3) is 43.4 Å². The Morgan fingerprint density at radius 2 is 0.580 bits per heavy atom. The van der Waals surface area contributed by atoms with Crippen molar-refractivity contribution in [3.63, 3.8) is 0 Å². The van der Waals surface area contributed by atoms with Crippen LogP contribution < -0.4 is 9.80 Å². The van der Waals surface area contributed by atoms with E-state index in [9.17, 15) is 0 Å². The van der Waals surface area contributed by atoms with Crippen LogP contribution in [-0.4, -0.2) is 0 Å². The lowest BCUT2D eigenvalue weighted by Crippen LogP contribution is -2.11. The lowest BCUT2D eigenvalue weighted by Gasteiger charge is -2.30. The highest BCUT2D eigenvalue weighted by Crippen LogP contribution is 2.50. The molecule has 0 aliphatic carbocycles. The van der Waals surface area contributed by atoms with Gasteiger partial charge in [-0.2, -0.15) is 0 Å². The average molecular weight is 639 g/mol. The van der Waals surface area contributed by atoms with Crippen molar-refractivity contribution in [2.45, 2.75) is 0 Å². The van der Waals surface area contributed by atoms with Gasteiger partial charge < -0.3 is 9.80 Å². The molecule has 9 aromatic carbocycles. The number of hydrogen-bond acceptors (Lipinski definition) is 2. The van der Waals surface area contributed by atoms with Gasteiger partial charge in [-0.3, -0.25) is 0 Å². The fourth-order valence-electron chi connectivity index (χ4n) is 7.48. The van der Waals surface area contributed by atoms with E-state index in [-0.39, 0.29) is 0 Å². The van der Waals surface area contributed by atoms with E-state index in [2.05, 4.69) is 216 Å². The molecule has 9 aromatic rings. The molecular weight excluding hydrogens is 605 g/mol. The summed E-state index contributed by atoms with van der Waals surface area (Å²) >= 11 is 0. The quantitative estimate of drug-likeness (QED) is 0.160. The topological polar surface area (TPSA) is 6.48 Å². The van der Waals surface area contributed by atoms with Crippen LogP contribution in [0.2, 0.25) is 0 Å². The predicted octanol–water partition coefficient (Wildman–Crippen LogP) is 13.8. The van der Waals surface area contributed by atoms with Crippen LogP contribution in [0.5, 0.6) is 0 Å². The van der Waals surface area contributed by atoms with Gasteiger partial charge in [-0.05, 0) is 81.9 Å². The van der Waals surface area contributed by atoms with Crippen LogP contribution in [-0.2, 0) is 0 Å². The van der Waals surface area contributed by atoms with E-state index in [1.165, 1.54) is 49.1 Å². The molecule has 0 bridgehead atoms. The molecule has 9 rings (SSSR count). The normalized spacial score (nSPS) is 11.2. The number of benzene rings is 9. The third kappa shape index (κ3) is 5.06. The lowest BCUT2D eigenvalue weighted by atomic mass is 9.87. The minimum absolute atomic E-state index is 1.12. The zero-order valence-corrected chi connectivity index (χ0v) is 27.5. The van der Waals surface area contributed by atoms with Crippen molar-refractivity contribution in [2.24, 2.45) is 0 Å². The van der Waals surface area contributed by atoms with Crippen molar-refractivity contribution >= 4 is 66.4 Å². The SMILES string of the molecule is c1ccc(N(c2ccccc2)c2ccc(-c3c4ccccc4c(N(c4ccccc4)c4ccccc4)c4ccccc34)c3ccccc23)cc1. The Balaban J connectivity index is 1.35. The van der Waals surface area contributed by atoms with Gasteiger partial charge in [0.05, 0.1) is 11.4 Å². The molecule has 0 aliphatic rings. The molecule has 2 nitrogen and oxygen atoms in total. The second kappa shape index (κ2) is 12.8. The summed E-state index contributed by atoms with van der Waals surface area (Å²) < 4.78 is 0. The predicted molar refractivity (Wildman–Crippen MR) is 214 cm³/mol. The maximum absolute atomic E-state index is 2.41. The molecule has 0 aromatic heterocycles. The number of hydrogen-bond donors (Lipinski definition) is 0. The van der Waals surface area contributed by atoms with Crippen LogP contribution in [0.4, 0.5) is 34.1 Å². The molecule has 0 atom stereocenters. The lowest BCUT2D eigenvalue weighted by molar-refractivity contribution is 1.30. The summed E-state index contributed by atoms with van der Waals surface area (Å²) in [5.74, 6) is 0. The maximum atomic E-state index is 2.41. The zero-order chi connectivity index (χ0) is 33.3. The van der Waals surface area contributed by atoms with Gasteiger partial charge in [0, 0.05) is 38.9 Å². The van der Waals surface area contributed by atoms with Gasteiger partial charge in [0.15, 0.2) is 0 Å². The molecule has 0 saturated carbocycles. The summed E-state index contributed by atoms with van der Waals surface area (Å²) in [6.45, 7) is 0. The number of rotatable bonds is 7. The van der Waals surface area contributed by atoms with Crippen molar-refractivity contribution in [1.29, 1.82) is 0 Å². The zero-order valence-electron chi connectivity index (χ0n) is 27.5.